The number of aromatic nitrogens is 2. The Kier molecular flexibility index (Phi) is 4.80. The van der Waals surface area contributed by atoms with Crippen LogP contribution >= 0.6 is 0 Å². The van der Waals surface area contributed by atoms with Gasteiger partial charge >= 0.3 is 6.02 Å². The molecule has 2 aromatic heterocycles. The van der Waals surface area contributed by atoms with Crippen molar-refractivity contribution < 1.29 is 9.29 Å². The lowest BCUT2D eigenvalue weighted by atomic mass is 10.2. The van der Waals surface area contributed by atoms with Crippen LogP contribution in [0.4, 0.5) is 0 Å². The van der Waals surface area contributed by atoms with E-state index >= 15 is 0 Å². The van der Waals surface area contributed by atoms with Crippen LogP contribution in [0.15, 0.2) is 59.3 Å². The number of ether oxygens (including phenoxy) is 1. The molecule has 1 unspecified atom stereocenters. The molecule has 118 valence electrons. The fourth-order valence-electron chi connectivity index (χ4n) is 2.15. The minimum Gasteiger partial charge on any atom is -0.591 e. The molecule has 0 aliphatic heterocycles. The molecule has 7 heteroatoms. The monoisotopic (exact) mass is 328 g/mol. The van der Waals surface area contributed by atoms with Crippen molar-refractivity contribution in [3.05, 3.63) is 60.4 Å². The fourth-order valence-corrected chi connectivity index (χ4v) is 2.48. The topological polar surface area (TPSA) is 85.4 Å². The molecule has 0 aliphatic rings. The Bertz CT molecular complexity index is 802. The molecular weight excluding hydrogens is 312 g/mol. The number of amidine groups is 1. The second-order valence-electron chi connectivity index (χ2n) is 4.80. The van der Waals surface area contributed by atoms with Crippen LogP contribution in [0.5, 0.6) is 5.75 Å². The van der Waals surface area contributed by atoms with Crippen LogP contribution in [-0.2, 0) is 17.9 Å². The smallest absolute Gasteiger partial charge is 0.341 e. The number of hydrogen-bond donors (Lipinski definition) is 2. The van der Waals surface area contributed by atoms with E-state index in [1.54, 1.807) is 6.20 Å². The standard InChI is InChI=1S/C16H16N4O2S/c1-23(21)20-16(22-13-5-3-2-4-6-13)19-11-12-7-9-17-15-14(12)8-10-18-15/h2-10H,11H2,1H3,(H,17,18)(H,19,20). The van der Waals surface area contributed by atoms with Gasteiger partial charge in [-0.15, -0.1) is 0 Å². The lowest BCUT2D eigenvalue weighted by Gasteiger charge is -2.11. The highest BCUT2D eigenvalue weighted by molar-refractivity contribution is 7.89. The van der Waals surface area contributed by atoms with E-state index in [0.717, 1.165) is 16.6 Å². The zero-order valence-electron chi connectivity index (χ0n) is 12.5. The van der Waals surface area contributed by atoms with Crippen LogP contribution in [-0.4, -0.2) is 26.8 Å². The number of nitrogens with one attached hydrogen (secondary N) is 2. The number of pyridine rings is 1. The molecule has 0 radical (unpaired) electrons. The summed E-state index contributed by atoms with van der Waals surface area (Å²) >= 11 is -1.36. The van der Waals surface area contributed by atoms with Gasteiger partial charge in [-0.2, -0.15) is 0 Å². The van der Waals surface area contributed by atoms with Gasteiger partial charge in [0.2, 0.25) is 0 Å². The van der Waals surface area contributed by atoms with Crippen molar-refractivity contribution in [3.63, 3.8) is 0 Å². The van der Waals surface area contributed by atoms with E-state index in [1.807, 2.05) is 48.7 Å². The highest BCUT2D eigenvalue weighted by atomic mass is 32.2. The minimum atomic E-state index is -1.36. The molecular formula is C16H16N4O2S. The van der Waals surface area contributed by atoms with E-state index in [1.165, 1.54) is 6.26 Å². The average molecular weight is 328 g/mol. The Balaban J connectivity index is 1.75. The Hall–Kier alpha value is -2.51. The number of para-hydroxylation sites is 1. The predicted octanol–water partition coefficient (Wildman–Crippen LogP) is 2.38. The van der Waals surface area contributed by atoms with E-state index in [0.29, 0.717) is 12.3 Å². The van der Waals surface area contributed by atoms with Crippen molar-refractivity contribution in [1.29, 1.82) is 0 Å². The maximum atomic E-state index is 11.4. The van der Waals surface area contributed by atoms with Crippen LogP contribution < -0.4 is 10.1 Å². The molecule has 0 saturated heterocycles. The van der Waals surface area contributed by atoms with Gasteiger partial charge in [-0.25, -0.2) is 4.98 Å². The number of hydrogen-bond acceptors (Lipinski definition) is 4. The van der Waals surface area contributed by atoms with Gasteiger partial charge in [-0.05, 0) is 34.2 Å². The van der Waals surface area contributed by atoms with Crippen molar-refractivity contribution in [2.24, 2.45) is 4.40 Å². The highest BCUT2D eigenvalue weighted by Gasteiger charge is 2.09. The van der Waals surface area contributed by atoms with Gasteiger partial charge < -0.3 is 19.6 Å². The van der Waals surface area contributed by atoms with Crippen molar-refractivity contribution in [2.75, 3.05) is 6.26 Å². The Morgan fingerprint density at radius 3 is 2.91 bits per heavy atom. The Labute approximate surface area is 136 Å². The van der Waals surface area contributed by atoms with E-state index in [4.69, 9.17) is 4.74 Å². The van der Waals surface area contributed by atoms with Crippen LogP contribution in [0, 0.1) is 0 Å². The number of nitrogens with zero attached hydrogens (tertiary/aromatic N) is 2. The second kappa shape index (κ2) is 7.17. The summed E-state index contributed by atoms with van der Waals surface area (Å²) in [5, 5.41) is 4.12. The fraction of sp³-hybridized carbons (Fsp3) is 0.125. The Morgan fingerprint density at radius 1 is 1.30 bits per heavy atom. The maximum Gasteiger partial charge on any atom is 0.341 e. The number of rotatable bonds is 4. The molecule has 0 saturated carbocycles. The SMILES string of the molecule is C[S+]([O-])/N=C(/NCc1ccnc2[nH]ccc12)Oc1ccccc1. The summed E-state index contributed by atoms with van der Waals surface area (Å²) in [6.07, 6.45) is 5.08. The van der Waals surface area contributed by atoms with Crippen LogP contribution in [0.3, 0.4) is 0 Å². The molecule has 0 bridgehead atoms. The first-order chi connectivity index (χ1) is 11.2. The first-order valence-corrected chi connectivity index (χ1v) is 8.54. The van der Waals surface area contributed by atoms with E-state index in [2.05, 4.69) is 19.7 Å². The quantitative estimate of drug-likeness (QED) is 0.437. The normalized spacial score (nSPS) is 13.0. The third kappa shape index (κ3) is 4.02. The summed E-state index contributed by atoms with van der Waals surface area (Å²) in [6, 6.07) is 13.4. The van der Waals surface area contributed by atoms with Crippen LogP contribution in [0.25, 0.3) is 11.0 Å². The summed E-state index contributed by atoms with van der Waals surface area (Å²) in [4.78, 5) is 7.32. The number of H-pyrrole nitrogens is 1. The van der Waals surface area contributed by atoms with Crippen molar-refractivity contribution in [1.82, 2.24) is 15.3 Å². The maximum absolute atomic E-state index is 11.4. The molecule has 2 N–H and O–H groups in total. The van der Waals surface area contributed by atoms with Gasteiger partial charge in [-0.1, -0.05) is 18.2 Å². The summed E-state index contributed by atoms with van der Waals surface area (Å²) in [5.74, 6) is 0.630. The first kappa shape index (κ1) is 15.4. The molecule has 0 amide bonds. The van der Waals surface area contributed by atoms with Crippen LogP contribution in [0.2, 0.25) is 0 Å². The lowest BCUT2D eigenvalue weighted by molar-refractivity contribution is 0.515. The summed E-state index contributed by atoms with van der Waals surface area (Å²) in [7, 11) is 0. The van der Waals surface area contributed by atoms with Gasteiger partial charge in [0.05, 0.1) is 11.4 Å². The van der Waals surface area contributed by atoms with Gasteiger partial charge in [-0.3, -0.25) is 0 Å². The summed E-state index contributed by atoms with van der Waals surface area (Å²) < 4.78 is 21.1. The first-order valence-electron chi connectivity index (χ1n) is 7.02. The highest BCUT2D eigenvalue weighted by Crippen LogP contribution is 2.15. The molecule has 3 aromatic rings. The Morgan fingerprint density at radius 2 is 2.13 bits per heavy atom. The molecule has 23 heavy (non-hydrogen) atoms. The molecule has 2 heterocycles. The van der Waals surface area contributed by atoms with Gasteiger partial charge in [0.15, 0.2) is 0 Å². The second-order valence-corrected chi connectivity index (χ2v) is 5.83. The van der Waals surface area contributed by atoms with Gasteiger partial charge in [0, 0.05) is 24.3 Å². The van der Waals surface area contributed by atoms with Gasteiger partial charge in [0.1, 0.15) is 17.7 Å². The molecule has 1 aromatic carbocycles. The molecule has 3 rings (SSSR count). The van der Waals surface area contributed by atoms with Crippen molar-refractivity contribution >= 4 is 28.4 Å². The van der Waals surface area contributed by atoms with E-state index in [-0.39, 0.29) is 6.02 Å². The third-order valence-electron chi connectivity index (χ3n) is 3.15. The predicted molar refractivity (Wildman–Crippen MR) is 91.5 cm³/mol. The summed E-state index contributed by atoms with van der Waals surface area (Å²) in [6.45, 7) is 0.486. The molecule has 6 nitrogen and oxygen atoms in total. The van der Waals surface area contributed by atoms with Gasteiger partial charge in [0.25, 0.3) is 0 Å². The third-order valence-corrected chi connectivity index (χ3v) is 3.57. The minimum absolute atomic E-state index is 0.220. The zero-order chi connectivity index (χ0) is 16.1. The zero-order valence-corrected chi connectivity index (χ0v) is 13.3. The molecule has 0 fully saturated rings. The number of benzene rings is 1. The molecule has 0 aliphatic carbocycles. The largest absolute Gasteiger partial charge is 0.591 e. The lowest BCUT2D eigenvalue weighted by Crippen LogP contribution is -2.29. The molecule has 1 atom stereocenters. The van der Waals surface area contributed by atoms with Crippen molar-refractivity contribution in [3.8, 4) is 5.75 Å². The van der Waals surface area contributed by atoms with Crippen molar-refractivity contribution in [2.45, 2.75) is 6.54 Å². The number of aromatic amines is 1. The van der Waals surface area contributed by atoms with Crippen LogP contribution in [0.1, 0.15) is 5.56 Å². The summed E-state index contributed by atoms with van der Waals surface area (Å²) in [5.41, 5.74) is 1.87. The molecule has 0 spiro atoms. The van der Waals surface area contributed by atoms with E-state index < -0.39 is 11.4 Å². The van der Waals surface area contributed by atoms with E-state index in [9.17, 15) is 4.55 Å². The number of fused-ring (bicyclic) bond motifs is 1. The average Bonchev–Trinajstić information content (AvgIpc) is 3.02.